The smallest absolute Gasteiger partial charge is 0.228 e. The average Bonchev–Trinajstić information content (AvgIpc) is 3.26. The van der Waals surface area contributed by atoms with Crippen LogP contribution >= 0.6 is 0 Å². The van der Waals surface area contributed by atoms with Crippen LogP contribution in [0.2, 0.25) is 0 Å². The molecule has 4 rings (SSSR count). The number of aromatic amines is 1. The zero-order chi connectivity index (χ0) is 16.4. The molecule has 0 bridgehead atoms. The number of benzene rings is 2. The number of aromatic nitrogens is 2. The van der Waals surface area contributed by atoms with Crippen molar-refractivity contribution >= 4 is 28.3 Å². The van der Waals surface area contributed by atoms with Crippen LogP contribution < -0.4 is 10.2 Å². The van der Waals surface area contributed by atoms with Crippen molar-refractivity contribution in [1.82, 2.24) is 9.97 Å². The number of hydrogen-bond acceptors (Lipinski definition) is 3. The molecule has 2 aromatic carbocycles. The molecular weight excluding hydrogens is 300 g/mol. The zero-order valence-corrected chi connectivity index (χ0v) is 13.5. The van der Waals surface area contributed by atoms with Gasteiger partial charge >= 0.3 is 0 Å². The van der Waals surface area contributed by atoms with Crippen molar-refractivity contribution < 1.29 is 4.79 Å². The topological polar surface area (TPSA) is 61.0 Å². The molecule has 1 saturated heterocycles. The summed E-state index contributed by atoms with van der Waals surface area (Å²) in [5.41, 5.74) is 4.91. The van der Waals surface area contributed by atoms with E-state index in [1.54, 1.807) is 6.33 Å². The number of amides is 1. The maximum atomic E-state index is 12.3. The first kappa shape index (κ1) is 14.8. The normalized spacial score (nSPS) is 14.2. The molecule has 0 aliphatic carbocycles. The molecule has 0 radical (unpaired) electrons. The largest absolute Gasteiger partial charge is 0.372 e. The van der Waals surface area contributed by atoms with Crippen LogP contribution in [0.3, 0.4) is 0 Å². The second kappa shape index (κ2) is 6.35. The van der Waals surface area contributed by atoms with E-state index in [-0.39, 0.29) is 5.91 Å². The van der Waals surface area contributed by atoms with Crippen molar-refractivity contribution in [2.45, 2.75) is 19.3 Å². The Kier molecular flexibility index (Phi) is 3.91. The summed E-state index contributed by atoms with van der Waals surface area (Å²) in [6.45, 7) is 2.25. The molecule has 1 fully saturated rings. The van der Waals surface area contributed by atoms with Gasteiger partial charge in [0.05, 0.1) is 23.8 Å². The third-order valence-corrected chi connectivity index (χ3v) is 4.47. The molecule has 1 aromatic heterocycles. The summed E-state index contributed by atoms with van der Waals surface area (Å²) in [5, 5.41) is 2.97. The lowest BCUT2D eigenvalue weighted by Crippen LogP contribution is -2.18. The first-order valence-electron chi connectivity index (χ1n) is 8.35. The van der Waals surface area contributed by atoms with Crippen LogP contribution in [0.5, 0.6) is 0 Å². The van der Waals surface area contributed by atoms with Gasteiger partial charge in [-0.05, 0) is 54.8 Å². The van der Waals surface area contributed by atoms with Gasteiger partial charge < -0.3 is 15.2 Å². The Hall–Kier alpha value is -2.82. The summed E-state index contributed by atoms with van der Waals surface area (Å²) in [7, 11) is 0. The molecular formula is C19H20N4O. The van der Waals surface area contributed by atoms with Crippen LogP contribution in [-0.4, -0.2) is 29.0 Å². The van der Waals surface area contributed by atoms with Gasteiger partial charge in [-0.15, -0.1) is 0 Å². The highest BCUT2D eigenvalue weighted by atomic mass is 16.1. The molecule has 24 heavy (non-hydrogen) atoms. The molecule has 122 valence electrons. The molecule has 0 unspecified atom stereocenters. The van der Waals surface area contributed by atoms with E-state index in [4.69, 9.17) is 0 Å². The van der Waals surface area contributed by atoms with E-state index in [2.05, 4.69) is 32.3 Å². The van der Waals surface area contributed by atoms with Gasteiger partial charge in [-0.25, -0.2) is 4.98 Å². The maximum absolute atomic E-state index is 12.3. The molecule has 5 heteroatoms. The molecule has 1 aliphatic rings. The van der Waals surface area contributed by atoms with Crippen molar-refractivity contribution in [2.75, 3.05) is 23.3 Å². The number of carbonyl (C=O) groups is 1. The minimum Gasteiger partial charge on any atom is -0.372 e. The van der Waals surface area contributed by atoms with E-state index in [0.717, 1.165) is 35.4 Å². The first-order valence-corrected chi connectivity index (χ1v) is 8.35. The summed E-state index contributed by atoms with van der Waals surface area (Å²) >= 11 is 0. The first-order chi connectivity index (χ1) is 11.8. The minimum atomic E-state index is -0.0113. The molecule has 0 saturated carbocycles. The van der Waals surface area contributed by atoms with Gasteiger partial charge in [0, 0.05) is 24.5 Å². The number of rotatable bonds is 4. The summed E-state index contributed by atoms with van der Waals surface area (Å²) in [4.78, 5) is 21.9. The van der Waals surface area contributed by atoms with Crippen molar-refractivity contribution in [3.63, 3.8) is 0 Å². The summed E-state index contributed by atoms with van der Waals surface area (Å²) in [5.74, 6) is -0.0113. The lowest BCUT2D eigenvalue weighted by molar-refractivity contribution is -0.115. The molecule has 3 aromatic rings. The predicted octanol–water partition coefficient (Wildman–Crippen LogP) is 3.34. The molecule has 1 amide bonds. The van der Waals surface area contributed by atoms with Gasteiger partial charge in [0.2, 0.25) is 5.91 Å². The number of nitrogens with one attached hydrogen (secondary N) is 2. The van der Waals surface area contributed by atoms with Gasteiger partial charge in [-0.1, -0.05) is 6.07 Å². The third-order valence-electron chi connectivity index (χ3n) is 4.47. The van der Waals surface area contributed by atoms with Gasteiger partial charge in [-0.2, -0.15) is 0 Å². The fourth-order valence-electron chi connectivity index (χ4n) is 3.21. The van der Waals surface area contributed by atoms with Gasteiger partial charge in [-0.3, -0.25) is 4.79 Å². The second-order valence-corrected chi connectivity index (χ2v) is 6.22. The number of imidazole rings is 1. The van der Waals surface area contributed by atoms with Crippen LogP contribution in [0.25, 0.3) is 11.0 Å². The molecule has 5 nitrogen and oxygen atoms in total. The van der Waals surface area contributed by atoms with E-state index in [1.807, 2.05) is 30.3 Å². The lowest BCUT2D eigenvalue weighted by Gasteiger charge is -2.17. The molecule has 0 spiro atoms. The summed E-state index contributed by atoms with van der Waals surface area (Å²) < 4.78 is 0. The number of carbonyl (C=O) groups excluding carboxylic acids is 1. The maximum Gasteiger partial charge on any atom is 0.228 e. The highest BCUT2D eigenvalue weighted by Crippen LogP contribution is 2.22. The number of nitrogens with zero attached hydrogens (tertiary/aromatic N) is 2. The number of hydrogen-bond donors (Lipinski definition) is 2. The minimum absolute atomic E-state index is 0.0113. The SMILES string of the molecule is O=C(Cc1ccc2nc[nH]c2c1)Nc1ccc(N2CCCC2)cc1. The highest BCUT2D eigenvalue weighted by molar-refractivity contribution is 5.93. The Morgan fingerprint density at radius 1 is 1.12 bits per heavy atom. The van der Waals surface area contributed by atoms with Crippen LogP contribution in [0, 0.1) is 0 Å². The quantitative estimate of drug-likeness (QED) is 0.775. The van der Waals surface area contributed by atoms with Gasteiger partial charge in [0.15, 0.2) is 0 Å². The average molecular weight is 320 g/mol. The van der Waals surface area contributed by atoms with Gasteiger partial charge in [0.1, 0.15) is 0 Å². The standard InChI is InChI=1S/C19H20N4O/c24-19(12-14-3-8-17-18(11-14)21-13-20-17)22-15-4-6-16(7-5-15)23-9-1-2-10-23/h3-8,11,13H,1-2,9-10,12H2,(H,20,21)(H,22,24). The second-order valence-electron chi connectivity index (χ2n) is 6.22. The Morgan fingerprint density at radius 3 is 2.71 bits per heavy atom. The van der Waals surface area contributed by atoms with Crippen LogP contribution in [0.1, 0.15) is 18.4 Å². The highest BCUT2D eigenvalue weighted by Gasteiger charge is 2.12. The molecule has 1 aliphatic heterocycles. The number of H-pyrrole nitrogens is 1. The fourth-order valence-corrected chi connectivity index (χ4v) is 3.21. The monoisotopic (exact) mass is 320 g/mol. The van der Waals surface area contributed by atoms with Crippen molar-refractivity contribution in [2.24, 2.45) is 0 Å². The summed E-state index contributed by atoms with van der Waals surface area (Å²) in [6, 6.07) is 14.0. The van der Waals surface area contributed by atoms with Crippen molar-refractivity contribution in [1.29, 1.82) is 0 Å². The Labute approximate surface area is 140 Å². The van der Waals surface area contributed by atoms with E-state index in [1.165, 1.54) is 18.5 Å². The van der Waals surface area contributed by atoms with Crippen molar-refractivity contribution in [3.05, 3.63) is 54.4 Å². The lowest BCUT2D eigenvalue weighted by atomic mass is 10.1. The number of anilines is 2. The van der Waals surface area contributed by atoms with Crippen LogP contribution in [0.4, 0.5) is 11.4 Å². The van der Waals surface area contributed by atoms with E-state index in [9.17, 15) is 4.79 Å². The Bertz CT molecular complexity index is 847. The third kappa shape index (κ3) is 3.11. The van der Waals surface area contributed by atoms with E-state index < -0.39 is 0 Å². The fraction of sp³-hybridized carbons (Fsp3) is 0.263. The predicted molar refractivity (Wildman–Crippen MR) is 96.3 cm³/mol. The van der Waals surface area contributed by atoms with Gasteiger partial charge in [0.25, 0.3) is 0 Å². The molecule has 2 heterocycles. The van der Waals surface area contributed by atoms with Crippen LogP contribution in [-0.2, 0) is 11.2 Å². The molecule has 2 N–H and O–H groups in total. The molecule has 0 atom stereocenters. The van der Waals surface area contributed by atoms with Crippen molar-refractivity contribution in [3.8, 4) is 0 Å². The van der Waals surface area contributed by atoms with E-state index in [0.29, 0.717) is 6.42 Å². The Morgan fingerprint density at radius 2 is 1.92 bits per heavy atom. The summed E-state index contributed by atoms with van der Waals surface area (Å²) in [6.07, 6.45) is 4.54. The van der Waals surface area contributed by atoms with E-state index >= 15 is 0 Å². The zero-order valence-electron chi connectivity index (χ0n) is 13.5. The van der Waals surface area contributed by atoms with Crippen LogP contribution in [0.15, 0.2) is 48.8 Å². The number of fused-ring (bicyclic) bond motifs is 1. The Balaban J connectivity index is 1.39.